The van der Waals surface area contributed by atoms with Crippen LogP contribution in [0.15, 0.2) is 65.6 Å². The van der Waals surface area contributed by atoms with Crippen LogP contribution in [0.5, 0.6) is 11.5 Å². The summed E-state index contributed by atoms with van der Waals surface area (Å²) in [6.07, 6.45) is -3.81. The van der Waals surface area contributed by atoms with E-state index in [0.717, 1.165) is 0 Å². The molecule has 4 aromatic rings. The Morgan fingerprint density at radius 3 is 2.52 bits per heavy atom. The zero-order valence-electron chi connectivity index (χ0n) is 21.3. The average molecular weight is 572 g/mol. The smallest absolute Gasteiger partial charge is 0.463 e. The molecule has 0 fully saturated rings. The lowest BCUT2D eigenvalue weighted by Crippen LogP contribution is -2.26. The zero-order valence-corrected chi connectivity index (χ0v) is 22.1. The third-order valence-corrected chi connectivity index (χ3v) is 8.08. The van der Waals surface area contributed by atoms with Crippen LogP contribution in [0.25, 0.3) is 11.0 Å². The second-order valence-electron chi connectivity index (χ2n) is 8.86. The summed E-state index contributed by atoms with van der Waals surface area (Å²) < 4.78 is 66.9. The number of carbonyl (C=O) groups excluding carboxylic acids is 2. The predicted molar refractivity (Wildman–Crippen MR) is 138 cm³/mol. The molecule has 10 nitrogen and oxygen atoms in total. The van der Waals surface area contributed by atoms with Crippen molar-refractivity contribution in [3.63, 3.8) is 0 Å². The van der Waals surface area contributed by atoms with Gasteiger partial charge in [0.1, 0.15) is 0 Å². The summed E-state index contributed by atoms with van der Waals surface area (Å²) in [5.41, 5.74) is 2.04. The van der Waals surface area contributed by atoms with E-state index >= 15 is 0 Å². The zero-order chi connectivity index (χ0) is 28.7. The largest absolute Gasteiger partial charge is 0.586 e. The Hall–Kier alpha value is -4.52. The second-order valence-corrected chi connectivity index (χ2v) is 11.1. The maximum atomic E-state index is 13.7. The normalized spacial score (nSPS) is 13.8. The molecule has 3 aromatic carbocycles. The van der Waals surface area contributed by atoms with Gasteiger partial charge in [-0.2, -0.15) is 0 Å². The number of aromatic nitrogens is 2. The molecule has 0 spiro atoms. The van der Waals surface area contributed by atoms with Crippen LogP contribution in [-0.2, 0) is 27.7 Å². The quantitative estimate of drug-likeness (QED) is 0.316. The van der Waals surface area contributed by atoms with Crippen molar-refractivity contribution in [3.8, 4) is 11.5 Å². The van der Waals surface area contributed by atoms with Crippen LogP contribution in [0.2, 0.25) is 0 Å². The number of sulfone groups is 1. The highest BCUT2D eigenvalue weighted by Crippen LogP contribution is 2.43. The molecule has 2 heterocycles. The Bertz CT molecular complexity index is 1740. The first-order valence-corrected chi connectivity index (χ1v) is 13.7. The Labute approximate surface area is 227 Å². The first kappa shape index (κ1) is 27.1. The molecule has 0 aliphatic carbocycles. The van der Waals surface area contributed by atoms with E-state index in [2.05, 4.69) is 19.8 Å². The molecule has 1 aromatic heterocycles. The van der Waals surface area contributed by atoms with Gasteiger partial charge in [0.05, 0.1) is 35.3 Å². The Balaban J connectivity index is 1.39. The topological polar surface area (TPSA) is 126 Å². The van der Waals surface area contributed by atoms with Crippen LogP contribution in [0.4, 0.5) is 8.78 Å². The number of fused-ring (bicyclic) bond motifs is 2. The molecule has 5 rings (SSSR count). The van der Waals surface area contributed by atoms with E-state index in [9.17, 15) is 26.8 Å². The molecule has 1 amide bonds. The number of amides is 1. The molecule has 0 saturated carbocycles. The van der Waals surface area contributed by atoms with Crippen molar-refractivity contribution in [3.05, 3.63) is 83.2 Å². The number of nitrogens with zero attached hydrogens (tertiary/aromatic N) is 2. The van der Waals surface area contributed by atoms with E-state index in [1.165, 1.54) is 48.1 Å². The van der Waals surface area contributed by atoms with Gasteiger partial charge in [0, 0.05) is 17.7 Å². The number of carbonyl (C=O) groups is 2. The van der Waals surface area contributed by atoms with Gasteiger partial charge in [-0.15, -0.1) is 8.78 Å². The molecule has 40 heavy (non-hydrogen) atoms. The number of rotatable bonds is 8. The van der Waals surface area contributed by atoms with Gasteiger partial charge >= 0.3 is 12.3 Å². The number of para-hydroxylation sites is 1. The van der Waals surface area contributed by atoms with Crippen molar-refractivity contribution in [2.45, 2.75) is 31.2 Å². The molecular formula is C27H23F2N3O7S. The van der Waals surface area contributed by atoms with Gasteiger partial charge in [0.25, 0.3) is 5.91 Å². The highest BCUT2D eigenvalue weighted by atomic mass is 32.2. The van der Waals surface area contributed by atoms with E-state index < -0.39 is 28.0 Å². The fourth-order valence-electron chi connectivity index (χ4n) is 4.26. The summed E-state index contributed by atoms with van der Waals surface area (Å²) in [4.78, 5) is 29.9. The molecule has 13 heteroatoms. The fraction of sp³-hybridized carbons (Fsp3) is 0.222. The van der Waals surface area contributed by atoms with E-state index in [1.54, 1.807) is 31.2 Å². The molecule has 208 valence electrons. The summed E-state index contributed by atoms with van der Waals surface area (Å²) in [6.45, 7) is 1.64. The third-order valence-electron chi connectivity index (χ3n) is 6.33. The van der Waals surface area contributed by atoms with Crippen molar-refractivity contribution < 1.29 is 41.0 Å². The van der Waals surface area contributed by atoms with Gasteiger partial charge in [-0.1, -0.05) is 31.2 Å². The van der Waals surface area contributed by atoms with E-state index in [-0.39, 0.29) is 46.6 Å². The van der Waals surface area contributed by atoms with Gasteiger partial charge in [0.15, 0.2) is 21.3 Å². The highest BCUT2D eigenvalue weighted by Gasteiger charge is 2.44. The summed E-state index contributed by atoms with van der Waals surface area (Å²) in [7, 11) is -2.14. The molecule has 0 radical (unpaired) electrons. The monoisotopic (exact) mass is 571 g/mol. The van der Waals surface area contributed by atoms with Gasteiger partial charge in [0.2, 0.25) is 5.82 Å². The molecule has 0 bridgehead atoms. The summed E-state index contributed by atoms with van der Waals surface area (Å²) in [6, 6.07) is 15.3. The molecule has 1 aliphatic rings. The van der Waals surface area contributed by atoms with E-state index in [1.807, 2.05) is 0 Å². The number of halogens is 2. The average Bonchev–Trinajstić information content (AvgIpc) is 3.47. The number of methoxy groups -OCH3 is 1. The highest BCUT2D eigenvalue weighted by molar-refractivity contribution is 7.91. The number of benzene rings is 3. The number of ether oxygens (including phenoxy) is 3. The van der Waals surface area contributed by atoms with Crippen molar-refractivity contribution in [1.82, 2.24) is 14.9 Å². The lowest BCUT2D eigenvalue weighted by Gasteiger charge is -2.11. The summed E-state index contributed by atoms with van der Waals surface area (Å²) >= 11 is 0. The Morgan fingerprint density at radius 1 is 1.07 bits per heavy atom. The predicted octanol–water partition coefficient (Wildman–Crippen LogP) is 3.92. The van der Waals surface area contributed by atoms with E-state index in [0.29, 0.717) is 22.2 Å². The van der Waals surface area contributed by atoms with Gasteiger partial charge in [-0.3, -0.25) is 4.79 Å². The first-order valence-electron chi connectivity index (χ1n) is 12.1. The lowest BCUT2D eigenvalue weighted by atomic mass is 10.1. The van der Waals surface area contributed by atoms with Crippen LogP contribution in [0, 0.1) is 0 Å². The lowest BCUT2D eigenvalue weighted by molar-refractivity contribution is -0.287. The van der Waals surface area contributed by atoms with E-state index in [4.69, 9.17) is 4.74 Å². The molecule has 0 atom stereocenters. The van der Waals surface area contributed by atoms with Crippen molar-refractivity contribution in [2.24, 2.45) is 0 Å². The first-order chi connectivity index (χ1) is 19.0. The van der Waals surface area contributed by atoms with Gasteiger partial charge in [-0.25, -0.2) is 18.2 Å². The second kappa shape index (κ2) is 10.2. The van der Waals surface area contributed by atoms with Gasteiger partial charge in [-0.05, 0) is 42.0 Å². The third kappa shape index (κ3) is 5.19. The van der Waals surface area contributed by atoms with Crippen LogP contribution in [0.3, 0.4) is 0 Å². The van der Waals surface area contributed by atoms with Crippen LogP contribution in [0.1, 0.15) is 39.0 Å². The number of hydrogen-bond acceptors (Lipinski definition) is 8. The van der Waals surface area contributed by atoms with Gasteiger partial charge < -0.3 is 24.1 Å². The maximum Gasteiger partial charge on any atom is 0.586 e. The number of imidazole rings is 1. The van der Waals surface area contributed by atoms with Crippen LogP contribution in [-0.4, -0.2) is 49.0 Å². The molecule has 1 N–H and O–H groups in total. The van der Waals surface area contributed by atoms with Crippen LogP contribution < -0.4 is 14.8 Å². The summed E-state index contributed by atoms with van der Waals surface area (Å²) in [5, 5.41) is 2.77. The molecular weight excluding hydrogens is 548 g/mol. The minimum Gasteiger partial charge on any atom is -0.463 e. The van der Waals surface area contributed by atoms with Crippen molar-refractivity contribution >= 4 is 32.7 Å². The number of esters is 1. The van der Waals surface area contributed by atoms with Crippen LogP contribution >= 0.6 is 0 Å². The number of nitrogens with one attached hydrogen (secondary N) is 1. The summed E-state index contributed by atoms with van der Waals surface area (Å²) in [5.74, 6) is -1.57. The fourth-order valence-corrected chi connectivity index (χ4v) is 5.15. The minimum absolute atomic E-state index is 0.00923. The Morgan fingerprint density at radius 2 is 1.82 bits per heavy atom. The number of hydrogen-bond donors (Lipinski definition) is 1. The maximum absolute atomic E-state index is 13.7. The minimum atomic E-state index is -3.81. The van der Waals surface area contributed by atoms with Crippen molar-refractivity contribution in [2.75, 3.05) is 12.9 Å². The standard InChI is InChI=1S/C27H23F2N3O7S/c1-3-40(35,36)19-10-7-16(8-11-19)14-30-25(33)17-9-12-21-20(13-17)31-24(26(34)37-2)32(21)15-18-5-4-6-22-23(18)39-27(28,29)38-22/h4-13H,3,14-15H2,1-2H3,(H,30,33). The van der Waals surface area contributed by atoms with Crippen molar-refractivity contribution in [1.29, 1.82) is 0 Å². The molecule has 1 aliphatic heterocycles. The Kier molecular flexibility index (Phi) is 6.92. The molecule has 0 saturated heterocycles. The molecule has 0 unspecified atom stereocenters. The number of alkyl halides is 2. The SMILES string of the molecule is CCS(=O)(=O)c1ccc(CNC(=O)c2ccc3c(c2)nc(C(=O)OC)n3Cc2cccc3c2OC(F)(F)O3)cc1.